The average molecular weight is 385 g/mol. The second kappa shape index (κ2) is 8.39. The zero-order valence-electron chi connectivity index (χ0n) is 15.4. The van der Waals surface area contributed by atoms with Crippen molar-refractivity contribution in [3.05, 3.63) is 71.3 Å². The first-order valence-corrected chi connectivity index (χ1v) is 10.6. The number of anilines is 1. The summed E-state index contributed by atoms with van der Waals surface area (Å²) in [6.07, 6.45) is 6.58. The Labute approximate surface area is 160 Å². The molecule has 0 saturated carbocycles. The summed E-state index contributed by atoms with van der Waals surface area (Å²) in [6, 6.07) is 13.2. The molecular formula is C21H24N2O3S. The largest absolute Gasteiger partial charge is 0.348 e. The number of hydrogen-bond donors (Lipinski definition) is 2. The summed E-state index contributed by atoms with van der Waals surface area (Å²) in [6.45, 7) is 2.39. The SMILES string of the molecule is Cc1ccc(S(=O)(=O)Nc2ccccc2C(=O)NCC2=CCCCC2)cc1. The highest BCUT2D eigenvalue weighted by molar-refractivity contribution is 7.92. The molecule has 0 radical (unpaired) electrons. The van der Waals surface area contributed by atoms with Crippen LogP contribution in [0.3, 0.4) is 0 Å². The predicted molar refractivity (Wildman–Crippen MR) is 107 cm³/mol. The molecule has 0 atom stereocenters. The summed E-state index contributed by atoms with van der Waals surface area (Å²) in [5.74, 6) is -0.288. The van der Waals surface area contributed by atoms with E-state index in [4.69, 9.17) is 0 Å². The molecule has 0 aromatic heterocycles. The fraction of sp³-hybridized carbons (Fsp3) is 0.286. The third-order valence-electron chi connectivity index (χ3n) is 4.61. The Hall–Kier alpha value is -2.60. The molecule has 1 amide bonds. The van der Waals surface area contributed by atoms with E-state index in [1.807, 2.05) is 6.92 Å². The molecule has 3 rings (SSSR count). The molecule has 1 aliphatic rings. The minimum absolute atomic E-state index is 0.163. The highest BCUT2D eigenvalue weighted by Gasteiger charge is 2.18. The van der Waals surface area contributed by atoms with Gasteiger partial charge in [0.2, 0.25) is 0 Å². The maximum Gasteiger partial charge on any atom is 0.261 e. The van der Waals surface area contributed by atoms with Crippen LogP contribution in [-0.2, 0) is 10.0 Å². The lowest BCUT2D eigenvalue weighted by atomic mass is 9.99. The lowest BCUT2D eigenvalue weighted by molar-refractivity contribution is 0.0957. The molecule has 0 heterocycles. The number of para-hydroxylation sites is 1. The van der Waals surface area contributed by atoms with Gasteiger partial charge in [0, 0.05) is 6.54 Å². The van der Waals surface area contributed by atoms with E-state index in [9.17, 15) is 13.2 Å². The summed E-state index contributed by atoms with van der Waals surface area (Å²) in [7, 11) is -3.76. The van der Waals surface area contributed by atoms with Crippen molar-refractivity contribution in [3.8, 4) is 0 Å². The van der Waals surface area contributed by atoms with Gasteiger partial charge in [-0.05, 0) is 56.9 Å². The van der Waals surface area contributed by atoms with E-state index in [2.05, 4.69) is 16.1 Å². The summed E-state index contributed by atoms with van der Waals surface area (Å²) in [5.41, 5.74) is 2.79. The van der Waals surface area contributed by atoms with E-state index in [0.29, 0.717) is 12.1 Å². The molecule has 27 heavy (non-hydrogen) atoms. The number of hydrogen-bond acceptors (Lipinski definition) is 3. The van der Waals surface area contributed by atoms with E-state index in [0.717, 1.165) is 24.8 Å². The van der Waals surface area contributed by atoms with Crippen LogP contribution in [0.1, 0.15) is 41.6 Å². The normalized spacial score (nSPS) is 14.3. The van der Waals surface area contributed by atoms with E-state index >= 15 is 0 Å². The third kappa shape index (κ3) is 4.98. The van der Waals surface area contributed by atoms with Crippen LogP contribution in [0.2, 0.25) is 0 Å². The Bertz CT molecular complexity index is 948. The number of carbonyl (C=O) groups is 1. The fourth-order valence-corrected chi connectivity index (χ4v) is 4.13. The molecule has 0 fully saturated rings. The van der Waals surface area contributed by atoms with E-state index in [1.165, 1.54) is 12.0 Å². The van der Waals surface area contributed by atoms with Gasteiger partial charge in [-0.25, -0.2) is 8.42 Å². The van der Waals surface area contributed by atoms with Gasteiger partial charge in [0.25, 0.3) is 15.9 Å². The van der Waals surface area contributed by atoms with Crippen molar-refractivity contribution >= 4 is 21.6 Å². The fourth-order valence-electron chi connectivity index (χ4n) is 3.05. The molecule has 142 valence electrons. The van der Waals surface area contributed by atoms with Crippen LogP contribution in [0.15, 0.2) is 65.1 Å². The van der Waals surface area contributed by atoms with E-state index in [1.54, 1.807) is 48.5 Å². The van der Waals surface area contributed by atoms with Gasteiger partial charge in [-0.15, -0.1) is 0 Å². The Balaban J connectivity index is 1.76. The number of allylic oxidation sites excluding steroid dienone is 1. The van der Waals surface area contributed by atoms with Gasteiger partial charge in [-0.3, -0.25) is 9.52 Å². The zero-order valence-corrected chi connectivity index (χ0v) is 16.2. The number of amides is 1. The Morgan fingerprint density at radius 1 is 1.04 bits per heavy atom. The van der Waals surface area contributed by atoms with Crippen LogP contribution in [0, 0.1) is 6.92 Å². The molecule has 2 N–H and O–H groups in total. The number of aryl methyl sites for hydroxylation is 1. The quantitative estimate of drug-likeness (QED) is 0.739. The second-order valence-electron chi connectivity index (χ2n) is 6.75. The molecule has 6 heteroatoms. The molecule has 1 aliphatic carbocycles. The first-order valence-electron chi connectivity index (χ1n) is 9.10. The van der Waals surface area contributed by atoms with Gasteiger partial charge >= 0.3 is 0 Å². The highest BCUT2D eigenvalue weighted by Crippen LogP contribution is 2.21. The van der Waals surface area contributed by atoms with Crippen LogP contribution in [0.5, 0.6) is 0 Å². The topological polar surface area (TPSA) is 75.3 Å². The van der Waals surface area contributed by atoms with Crippen LogP contribution in [0.25, 0.3) is 0 Å². The van der Waals surface area contributed by atoms with Gasteiger partial charge in [0.1, 0.15) is 0 Å². The maximum atomic E-state index is 12.6. The average Bonchev–Trinajstić information content (AvgIpc) is 2.67. The number of sulfonamides is 1. The van der Waals surface area contributed by atoms with Gasteiger partial charge in [-0.2, -0.15) is 0 Å². The number of carbonyl (C=O) groups excluding carboxylic acids is 1. The Morgan fingerprint density at radius 3 is 2.48 bits per heavy atom. The minimum atomic E-state index is -3.76. The van der Waals surface area contributed by atoms with Gasteiger partial charge in [-0.1, -0.05) is 41.5 Å². The highest BCUT2D eigenvalue weighted by atomic mass is 32.2. The molecular weight excluding hydrogens is 360 g/mol. The van der Waals surface area contributed by atoms with Crippen molar-refractivity contribution in [3.63, 3.8) is 0 Å². The van der Waals surface area contributed by atoms with Crippen molar-refractivity contribution in [2.75, 3.05) is 11.3 Å². The van der Waals surface area contributed by atoms with Crippen LogP contribution in [-0.4, -0.2) is 20.9 Å². The summed E-state index contributed by atoms with van der Waals surface area (Å²) >= 11 is 0. The third-order valence-corrected chi connectivity index (χ3v) is 5.99. The monoisotopic (exact) mass is 384 g/mol. The lowest BCUT2D eigenvalue weighted by Gasteiger charge is -2.15. The molecule has 0 saturated heterocycles. The van der Waals surface area contributed by atoms with Crippen molar-refractivity contribution in [2.45, 2.75) is 37.5 Å². The van der Waals surface area contributed by atoms with Crippen molar-refractivity contribution in [2.24, 2.45) is 0 Å². The summed E-state index contributed by atoms with van der Waals surface area (Å²) in [5, 5.41) is 2.90. The van der Waals surface area contributed by atoms with Crippen molar-refractivity contribution in [1.82, 2.24) is 5.32 Å². The Kier molecular flexibility index (Phi) is 5.96. The molecule has 0 spiro atoms. The minimum Gasteiger partial charge on any atom is -0.348 e. The zero-order chi connectivity index (χ0) is 19.3. The van der Waals surface area contributed by atoms with Crippen molar-refractivity contribution in [1.29, 1.82) is 0 Å². The first-order chi connectivity index (χ1) is 13.0. The van der Waals surface area contributed by atoms with Crippen LogP contribution in [0.4, 0.5) is 5.69 Å². The maximum absolute atomic E-state index is 12.6. The standard InChI is InChI=1S/C21H24N2O3S/c1-16-11-13-18(14-12-16)27(25,26)23-20-10-6-5-9-19(20)21(24)22-15-17-7-3-2-4-8-17/h5-7,9-14,23H,2-4,8,15H2,1H3,(H,22,24). The molecule has 2 aromatic rings. The summed E-state index contributed by atoms with van der Waals surface area (Å²) < 4.78 is 27.8. The van der Waals surface area contributed by atoms with E-state index in [-0.39, 0.29) is 16.5 Å². The van der Waals surface area contributed by atoms with Crippen LogP contribution < -0.4 is 10.0 Å². The molecule has 0 unspecified atom stereocenters. The first kappa shape index (κ1) is 19.2. The number of nitrogens with one attached hydrogen (secondary N) is 2. The lowest BCUT2D eigenvalue weighted by Crippen LogP contribution is -2.27. The van der Waals surface area contributed by atoms with Gasteiger partial charge < -0.3 is 5.32 Å². The van der Waals surface area contributed by atoms with Crippen molar-refractivity contribution < 1.29 is 13.2 Å². The van der Waals surface area contributed by atoms with Gasteiger partial charge in [0.05, 0.1) is 16.1 Å². The van der Waals surface area contributed by atoms with E-state index < -0.39 is 10.0 Å². The molecule has 0 aliphatic heterocycles. The second-order valence-corrected chi connectivity index (χ2v) is 8.44. The van der Waals surface area contributed by atoms with Crippen LogP contribution >= 0.6 is 0 Å². The predicted octanol–water partition coefficient (Wildman–Crippen LogP) is 4.03. The van der Waals surface area contributed by atoms with Gasteiger partial charge in [0.15, 0.2) is 0 Å². The molecule has 2 aromatic carbocycles. The summed E-state index contributed by atoms with van der Waals surface area (Å²) in [4.78, 5) is 12.8. The number of benzene rings is 2. The molecule has 0 bridgehead atoms. The smallest absolute Gasteiger partial charge is 0.261 e. The number of rotatable bonds is 6. The Morgan fingerprint density at radius 2 is 1.78 bits per heavy atom. The molecule has 5 nitrogen and oxygen atoms in total.